The van der Waals surface area contributed by atoms with Gasteiger partial charge in [0, 0.05) is 24.6 Å². The number of aromatic nitrogens is 4. The van der Waals surface area contributed by atoms with Gasteiger partial charge in [-0.1, -0.05) is 30.3 Å². The number of fused-ring (bicyclic) bond motifs is 3. The average Bonchev–Trinajstić information content (AvgIpc) is 3.51. The number of amides is 1. The molecule has 1 atom stereocenters. The minimum absolute atomic E-state index is 0.00376. The number of hydrogen-bond donors (Lipinski definition) is 1. The van der Waals surface area contributed by atoms with E-state index in [4.69, 9.17) is 0 Å². The number of aryl methyl sites for hydroxylation is 2. The molecule has 3 aromatic heterocycles. The van der Waals surface area contributed by atoms with Gasteiger partial charge in [0.15, 0.2) is 5.82 Å². The Hall–Kier alpha value is -3.78. The molecule has 0 spiro atoms. The van der Waals surface area contributed by atoms with Crippen molar-refractivity contribution in [3.8, 4) is 10.7 Å². The molecule has 8 heteroatoms. The Morgan fingerprint density at radius 3 is 2.69 bits per heavy atom. The van der Waals surface area contributed by atoms with Crippen molar-refractivity contribution >= 4 is 33.9 Å². The maximum atomic E-state index is 13.6. The quantitative estimate of drug-likeness (QED) is 0.394. The lowest BCUT2D eigenvalue weighted by Crippen LogP contribution is -2.39. The molecular formula is C27H25N5O2S. The third-order valence-corrected chi connectivity index (χ3v) is 7.99. The predicted molar refractivity (Wildman–Crippen MR) is 138 cm³/mol. The molecule has 7 nitrogen and oxygen atoms in total. The Morgan fingerprint density at radius 2 is 1.91 bits per heavy atom. The van der Waals surface area contributed by atoms with Gasteiger partial charge in [0.1, 0.15) is 0 Å². The molecule has 0 radical (unpaired) electrons. The number of piperidine rings is 1. The van der Waals surface area contributed by atoms with E-state index in [2.05, 4.69) is 39.4 Å². The third-order valence-electron chi connectivity index (χ3n) is 6.97. The molecule has 35 heavy (non-hydrogen) atoms. The van der Waals surface area contributed by atoms with Crippen LogP contribution in [0.2, 0.25) is 0 Å². The zero-order chi connectivity index (χ0) is 24.1. The van der Waals surface area contributed by atoms with Gasteiger partial charge in [0.2, 0.25) is 5.65 Å². The van der Waals surface area contributed by atoms with Crippen LogP contribution in [0, 0.1) is 13.8 Å². The summed E-state index contributed by atoms with van der Waals surface area (Å²) in [6.07, 6.45) is 2.05. The molecule has 0 bridgehead atoms. The molecule has 1 fully saturated rings. The molecule has 1 N–H and O–H groups in total. The fourth-order valence-electron chi connectivity index (χ4n) is 5.12. The van der Waals surface area contributed by atoms with Gasteiger partial charge in [-0.2, -0.15) is 0 Å². The molecule has 1 amide bonds. The van der Waals surface area contributed by atoms with Gasteiger partial charge in [0.05, 0.1) is 15.9 Å². The first kappa shape index (κ1) is 21.7. The van der Waals surface area contributed by atoms with Gasteiger partial charge in [-0.25, -0.2) is 0 Å². The first-order chi connectivity index (χ1) is 17.0. The van der Waals surface area contributed by atoms with E-state index < -0.39 is 0 Å². The average molecular weight is 484 g/mol. The Kier molecular flexibility index (Phi) is 5.25. The zero-order valence-corrected chi connectivity index (χ0v) is 20.4. The lowest BCUT2D eigenvalue weighted by Gasteiger charge is -2.33. The largest absolute Gasteiger partial charge is 0.338 e. The van der Waals surface area contributed by atoms with E-state index in [9.17, 15) is 9.59 Å². The second kappa shape index (κ2) is 8.46. The standard InChI is InChI=1S/C27H25N5O2S/c1-16-10-12-35-23(16)24-29-30-25-26(33)28-21-14-20(17(2)13-22(21)32(24)25)27(34)31-11-6-9-19(15-31)18-7-4-3-5-8-18/h3-5,7-8,10,12-14,19H,6,9,11,15H2,1-2H3,(H,28,33). The van der Waals surface area contributed by atoms with Gasteiger partial charge in [-0.3, -0.25) is 14.0 Å². The van der Waals surface area contributed by atoms with Crippen LogP contribution in [0.1, 0.15) is 45.8 Å². The topological polar surface area (TPSA) is 83.4 Å². The van der Waals surface area contributed by atoms with Gasteiger partial charge < -0.3 is 9.88 Å². The van der Waals surface area contributed by atoms with Crippen LogP contribution in [0.3, 0.4) is 0 Å². The number of benzene rings is 2. The summed E-state index contributed by atoms with van der Waals surface area (Å²) in [5.41, 5.74) is 5.14. The number of carbonyl (C=O) groups excluding carboxylic acids is 1. The number of H-pyrrole nitrogens is 1. The smallest absolute Gasteiger partial charge is 0.294 e. The van der Waals surface area contributed by atoms with Gasteiger partial charge in [-0.05, 0) is 67.0 Å². The second-order valence-corrected chi connectivity index (χ2v) is 10.2. The minimum Gasteiger partial charge on any atom is -0.338 e. The second-order valence-electron chi connectivity index (χ2n) is 9.25. The van der Waals surface area contributed by atoms with Crippen LogP contribution in [0.25, 0.3) is 27.4 Å². The number of carbonyl (C=O) groups is 1. The molecule has 1 unspecified atom stereocenters. The van der Waals surface area contributed by atoms with E-state index in [1.807, 2.05) is 48.4 Å². The number of thiophene rings is 1. The summed E-state index contributed by atoms with van der Waals surface area (Å²) in [7, 11) is 0. The fourth-order valence-corrected chi connectivity index (χ4v) is 6.02. The molecule has 176 valence electrons. The van der Waals surface area contributed by atoms with E-state index in [1.54, 1.807) is 15.7 Å². The van der Waals surface area contributed by atoms with Crippen LogP contribution in [-0.4, -0.2) is 43.5 Å². The van der Waals surface area contributed by atoms with Crippen molar-refractivity contribution in [3.05, 3.63) is 86.5 Å². The Balaban J connectivity index is 1.42. The molecule has 0 saturated carbocycles. The highest BCUT2D eigenvalue weighted by molar-refractivity contribution is 7.13. The predicted octanol–water partition coefficient (Wildman–Crippen LogP) is 4.94. The van der Waals surface area contributed by atoms with Gasteiger partial charge in [0.25, 0.3) is 11.5 Å². The van der Waals surface area contributed by atoms with Crippen molar-refractivity contribution in [2.24, 2.45) is 0 Å². The highest BCUT2D eigenvalue weighted by Crippen LogP contribution is 2.31. The summed E-state index contributed by atoms with van der Waals surface area (Å²) in [6.45, 7) is 5.40. The van der Waals surface area contributed by atoms with Crippen molar-refractivity contribution in [2.75, 3.05) is 13.1 Å². The lowest BCUT2D eigenvalue weighted by atomic mass is 9.90. The van der Waals surface area contributed by atoms with Crippen molar-refractivity contribution in [1.29, 1.82) is 0 Å². The van der Waals surface area contributed by atoms with E-state index in [1.165, 1.54) is 5.56 Å². The SMILES string of the molecule is Cc1cc2c(cc1C(=O)N1CCCC(c3ccccc3)C1)[nH]c(=O)c1nnc(-c3sccc3C)n12. The summed E-state index contributed by atoms with van der Waals surface area (Å²) in [6, 6.07) is 16.2. The monoisotopic (exact) mass is 483 g/mol. The number of nitrogens with one attached hydrogen (secondary N) is 1. The van der Waals surface area contributed by atoms with Crippen LogP contribution in [0.5, 0.6) is 0 Å². The molecular weight excluding hydrogens is 458 g/mol. The molecule has 4 heterocycles. The maximum Gasteiger partial charge on any atom is 0.294 e. The summed E-state index contributed by atoms with van der Waals surface area (Å²) in [4.78, 5) is 32.3. The van der Waals surface area contributed by atoms with Gasteiger partial charge >= 0.3 is 0 Å². The van der Waals surface area contributed by atoms with Crippen molar-refractivity contribution in [2.45, 2.75) is 32.6 Å². The fraction of sp³-hybridized carbons (Fsp3) is 0.259. The number of aromatic amines is 1. The van der Waals surface area contributed by atoms with E-state index >= 15 is 0 Å². The minimum atomic E-state index is -0.324. The number of likely N-dealkylation sites (tertiary alicyclic amines) is 1. The van der Waals surface area contributed by atoms with Crippen molar-refractivity contribution < 1.29 is 4.79 Å². The van der Waals surface area contributed by atoms with Crippen molar-refractivity contribution in [1.82, 2.24) is 24.5 Å². The lowest BCUT2D eigenvalue weighted by molar-refractivity contribution is 0.0706. The van der Waals surface area contributed by atoms with E-state index in [0.717, 1.165) is 40.9 Å². The first-order valence-electron chi connectivity index (χ1n) is 11.8. The number of hydrogen-bond acceptors (Lipinski definition) is 5. The molecule has 1 aliphatic rings. The Labute approximate surface area is 206 Å². The summed E-state index contributed by atoms with van der Waals surface area (Å²) >= 11 is 1.57. The Morgan fingerprint density at radius 1 is 1.09 bits per heavy atom. The molecule has 1 aliphatic heterocycles. The summed E-state index contributed by atoms with van der Waals surface area (Å²) < 4.78 is 1.81. The van der Waals surface area contributed by atoms with Crippen LogP contribution < -0.4 is 5.56 Å². The molecule has 2 aromatic carbocycles. The maximum absolute atomic E-state index is 13.6. The van der Waals surface area contributed by atoms with Gasteiger partial charge in [-0.15, -0.1) is 21.5 Å². The molecule has 6 rings (SSSR count). The highest BCUT2D eigenvalue weighted by Gasteiger charge is 2.27. The number of nitrogens with zero attached hydrogens (tertiary/aromatic N) is 4. The van der Waals surface area contributed by atoms with Crippen LogP contribution in [-0.2, 0) is 0 Å². The van der Waals surface area contributed by atoms with Crippen molar-refractivity contribution in [3.63, 3.8) is 0 Å². The molecule has 5 aromatic rings. The van der Waals surface area contributed by atoms with E-state index in [0.29, 0.717) is 29.4 Å². The summed E-state index contributed by atoms with van der Waals surface area (Å²) in [5.74, 6) is 0.982. The van der Waals surface area contributed by atoms with Crippen LogP contribution in [0.4, 0.5) is 0 Å². The normalized spacial score (nSPS) is 16.3. The molecule has 0 aliphatic carbocycles. The Bertz CT molecular complexity index is 1630. The van der Waals surface area contributed by atoms with Crippen LogP contribution in [0.15, 0.2) is 58.7 Å². The summed E-state index contributed by atoms with van der Waals surface area (Å²) in [5, 5.41) is 10.5. The first-order valence-corrected chi connectivity index (χ1v) is 12.7. The number of rotatable bonds is 3. The van der Waals surface area contributed by atoms with Crippen LogP contribution >= 0.6 is 11.3 Å². The van der Waals surface area contributed by atoms with E-state index in [-0.39, 0.29) is 17.1 Å². The molecule has 1 saturated heterocycles. The third kappa shape index (κ3) is 3.65. The highest BCUT2D eigenvalue weighted by atomic mass is 32.1. The zero-order valence-electron chi connectivity index (χ0n) is 19.6.